The first kappa shape index (κ1) is 17.9. The van der Waals surface area contributed by atoms with Crippen LogP contribution in [0.3, 0.4) is 0 Å². The maximum absolute atomic E-state index is 9.04. The van der Waals surface area contributed by atoms with E-state index >= 15 is 0 Å². The van der Waals surface area contributed by atoms with Gasteiger partial charge in [0.1, 0.15) is 0 Å². The van der Waals surface area contributed by atoms with E-state index in [4.69, 9.17) is 5.11 Å². The zero-order chi connectivity index (χ0) is 14.8. The zero-order valence-electron chi connectivity index (χ0n) is 13.9. The predicted molar refractivity (Wildman–Crippen MR) is 87.0 cm³/mol. The number of nitrogens with one attached hydrogen (secondary N) is 1. The summed E-state index contributed by atoms with van der Waals surface area (Å²) < 4.78 is 0. The second kappa shape index (κ2) is 10.6. The van der Waals surface area contributed by atoms with Crippen molar-refractivity contribution in [3.8, 4) is 0 Å². The number of likely N-dealkylation sites (tertiary alicyclic amines) is 1. The van der Waals surface area contributed by atoms with Crippen LogP contribution in [0.15, 0.2) is 0 Å². The first-order valence-corrected chi connectivity index (χ1v) is 8.72. The summed E-state index contributed by atoms with van der Waals surface area (Å²) >= 11 is 0. The molecule has 0 radical (unpaired) electrons. The second-order valence-corrected chi connectivity index (χ2v) is 6.91. The van der Waals surface area contributed by atoms with Gasteiger partial charge in [-0.15, -0.1) is 0 Å². The minimum Gasteiger partial charge on any atom is -0.396 e. The maximum Gasteiger partial charge on any atom is 0.0431 e. The Kier molecular flexibility index (Phi) is 9.49. The molecular formula is C17H36N2O. The van der Waals surface area contributed by atoms with Crippen molar-refractivity contribution in [2.75, 3.05) is 32.8 Å². The van der Waals surface area contributed by atoms with Crippen LogP contribution >= 0.6 is 0 Å². The predicted octanol–water partition coefficient (Wildman–Crippen LogP) is 2.89. The lowest BCUT2D eigenvalue weighted by Crippen LogP contribution is -2.49. The van der Waals surface area contributed by atoms with Gasteiger partial charge >= 0.3 is 0 Å². The Bertz CT molecular complexity index is 217. The van der Waals surface area contributed by atoms with Crippen LogP contribution < -0.4 is 5.32 Å². The normalized spacial score (nSPS) is 24.4. The molecule has 20 heavy (non-hydrogen) atoms. The Morgan fingerprint density at radius 3 is 2.70 bits per heavy atom. The van der Waals surface area contributed by atoms with Crippen LogP contribution in [0.5, 0.6) is 0 Å². The lowest BCUT2D eigenvalue weighted by molar-refractivity contribution is 0.128. The van der Waals surface area contributed by atoms with Crippen LogP contribution in [0.2, 0.25) is 0 Å². The maximum atomic E-state index is 9.04. The van der Waals surface area contributed by atoms with Crippen LogP contribution in [0.4, 0.5) is 0 Å². The molecule has 1 aliphatic rings. The third-order valence-corrected chi connectivity index (χ3v) is 4.37. The van der Waals surface area contributed by atoms with E-state index in [1.807, 2.05) is 0 Å². The van der Waals surface area contributed by atoms with Gasteiger partial charge in [-0.05, 0) is 57.0 Å². The monoisotopic (exact) mass is 284 g/mol. The number of rotatable bonds is 10. The van der Waals surface area contributed by atoms with Crippen molar-refractivity contribution in [3.63, 3.8) is 0 Å². The van der Waals surface area contributed by atoms with Gasteiger partial charge in [0.25, 0.3) is 0 Å². The molecule has 3 heteroatoms. The Morgan fingerprint density at radius 2 is 2.05 bits per heavy atom. The lowest BCUT2D eigenvalue weighted by atomic mass is 9.90. The second-order valence-electron chi connectivity index (χ2n) is 6.91. The molecule has 0 aromatic rings. The third-order valence-electron chi connectivity index (χ3n) is 4.37. The summed E-state index contributed by atoms with van der Waals surface area (Å²) in [6.07, 6.45) is 7.30. The fourth-order valence-electron chi connectivity index (χ4n) is 3.18. The minimum absolute atomic E-state index is 0.344. The molecule has 1 fully saturated rings. The summed E-state index contributed by atoms with van der Waals surface area (Å²) in [6.45, 7) is 12.0. The number of hydrogen-bond acceptors (Lipinski definition) is 3. The van der Waals surface area contributed by atoms with E-state index in [0.29, 0.717) is 12.6 Å². The molecule has 2 N–H and O–H groups in total. The van der Waals surface area contributed by atoms with Crippen LogP contribution in [0.1, 0.15) is 59.3 Å². The molecule has 120 valence electrons. The minimum atomic E-state index is 0.344. The molecule has 2 unspecified atom stereocenters. The number of unbranched alkanes of at least 4 members (excludes halogenated alkanes) is 1. The van der Waals surface area contributed by atoms with Crippen molar-refractivity contribution in [2.45, 2.75) is 65.3 Å². The van der Waals surface area contributed by atoms with Gasteiger partial charge in [-0.25, -0.2) is 0 Å². The van der Waals surface area contributed by atoms with Crippen molar-refractivity contribution in [2.24, 2.45) is 11.8 Å². The molecule has 0 spiro atoms. The van der Waals surface area contributed by atoms with E-state index in [1.165, 1.54) is 51.7 Å². The van der Waals surface area contributed by atoms with Crippen molar-refractivity contribution < 1.29 is 5.11 Å². The number of aliphatic hydroxyl groups excluding tert-OH is 1. The van der Waals surface area contributed by atoms with Gasteiger partial charge < -0.3 is 15.3 Å². The number of nitrogens with zero attached hydrogens (tertiary/aromatic N) is 1. The van der Waals surface area contributed by atoms with E-state index in [1.54, 1.807) is 0 Å². The van der Waals surface area contributed by atoms with E-state index in [-0.39, 0.29) is 0 Å². The number of hydrogen-bond donors (Lipinski definition) is 2. The Labute approximate surface area is 126 Å². The molecule has 1 rings (SSSR count). The van der Waals surface area contributed by atoms with Crippen molar-refractivity contribution in [1.82, 2.24) is 10.2 Å². The molecule has 0 aliphatic carbocycles. The van der Waals surface area contributed by atoms with E-state index in [9.17, 15) is 0 Å². The van der Waals surface area contributed by atoms with Gasteiger partial charge in [0.15, 0.2) is 0 Å². The van der Waals surface area contributed by atoms with E-state index < -0.39 is 0 Å². The van der Waals surface area contributed by atoms with Crippen LogP contribution in [-0.2, 0) is 0 Å². The summed E-state index contributed by atoms with van der Waals surface area (Å²) in [4.78, 5) is 2.64. The molecule has 0 bridgehead atoms. The van der Waals surface area contributed by atoms with Gasteiger partial charge in [-0.3, -0.25) is 0 Å². The molecule has 0 amide bonds. The molecule has 3 nitrogen and oxygen atoms in total. The SMILES string of the molecule is CCCCN1CC(CCCO)CC(NCCC(C)C)C1. The Balaban J connectivity index is 2.37. The smallest absolute Gasteiger partial charge is 0.0431 e. The molecular weight excluding hydrogens is 248 g/mol. The topological polar surface area (TPSA) is 35.5 Å². The molecule has 1 heterocycles. The highest BCUT2D eigenvalue weighted by Gasteiger charge is 2.26. The number of piperidine rings is 1. The summed E-state index contributed by atoms with van der Waals surface area (Å²) in [7, 11) is 0. The summed E-state index contributed by atoms with van der Waals surface area (Å²) in [6, 6.07) is 0.656. The summed E-state index contributed by atoms with van der Waals surface area (Å²) in [5.74, 6) is 1.55. The zero-order valence-corrected chi connectivity index (χ0v) is 13.9. The highest BCUT2D eigenvalue weighted by atomic mass is 16.2. The average molecular weight is 284 g/mol. The average Bonchev–Trinajstić information content (AvgIpc) is 2.42. The molecule has 1 saturated heterocycles. The van der Waals surface area contributed by atoms with Gasteiger partial charge in [-0.2, -0.15) is 0 Å². The fraction of sp³-hybridized carbons (Fsp3) is 1.00. The summed E-state index contributed by atoms with van der Waals surface area (Å²) in [5, 5.41) is 12.8. The standard InChI is InChI=1S/C17H36N2O/c1-4-5-10-19-13-16(7-6-11-20)12-17(14-19)18-9-8-15(2)3/h15-18,20H,4-14H2,1-3H3. The largest absolute Gasteiger partial charge is 0.396 e. The van der Waals surface area contributed by atoms with Crippen molar-refractivity contribution in [1.29, 1.82) is 0 Å². The quantitative estimate of drug-likeness (QED) is 0.647. The van der Waals surface area contributed by atoms with Crippen molar-refractivity contribution >= 4 is 0 Å². The van der Waals surface area contributed by atoms with E-state index in [2.05, 4.69) is 31.0 Å². The summed E-state index contributed by atoms with van der Waals surface area (Å²) in [5.41, 5.74) is 0. The molecule has 0 saturated carbocycles. The molecule has 0 aromatic carbocycles. The first-order chi connectivity index (χ1) is 9.65. The first-order valence-electron chi connectivity index (χ1n) is 8.72. The molecule has 2 atom stereocenters. The van der Waals surface area contributed by atoms with Gasteiger partial charge in [0, 0.05) is 25.7 Å². The van der Waals surface area contributed by atoms with Gasteiger partial charge in [0.05, 0.1) is 0 Å². The van der Waals surface area contributed by atoms with Gasteiger partial charge in [-0.1, -0.05) is 27.2 Å². The molecule has 1 aliphatic heterocycles. The van der Waals surface area contributed by atoms with Crippen molar-refractivity contribution in [3.05, 3.63) is 0 Å². The van der Waals surface area contributed by atoms with Gasteiger partial charge in [0.2, 0.25) is 0 Å². The Hall–Kier alpha value is -0.120. The highest BCUT2D eigenvalue weighted by Crippen LogP contribution is 2.22. The van der Waals surface area contributed by atoms with Crippen LogP contribution in [-0.4, -0.2) is 48.8 Å². The lowest BCUT2D eigenvalue weighted by Gasteiger charge is -2.38. The van der Waals surface area contributed by atoms with Crippen LogP contribution in [0.25, 0.3) is 0 Å². The third kappa shape index (κ3) is 7.61. The number of aliphatic hydroxyl groups is 1. The van der Waals surface area contributed by atoms with E-state index in [0.717, 1.165) is 24.8 Å². The van der Waals surface area contributed by atoms with Crippen LogP contribution in [0, 0.1) is 11.8 Å². The molecule has 0 aromatic heterocycles. The fourth-order valence-corrected chi connectivity index (χ4v) is 3.18. The Morgan fingerprint density at radius 1 is 1.25 bits per heavy atom. The highest BCUT2D eigenvalue weighted by molar-refractivity contribution is 4.83.